The molecular weight excluding hydrogens is 403 g/mol. The van der Waals surface area contributed by atoms with Crippen LogP contribution in [0.4, 0.5) is 10.1 Å². The fourth-order valence-corrected chi connectivity index (χ4v) is 5.21. The van der Waals surface area contributed by atoms with Crippen molar-refractivity contribution in [3.63, 3.8) is 0 Å². The smallest absolute Gasteiger partial charge is 0.237 e. The van der Waals surface area contributed by atoms with E-state index in [2.05, 4.69) is 49.3 Å². The van der Waals surface area contributed by atoms with Crippen molar-refractivity contribution in [2.24, 2.45) is 16.1 Å². The molecule has 0 fully saturated rings. The molecule has 4 rings (SSSR count). The largest absolute Gasteiger partial charge is 0.378 e. The second-order valence-electron chi connectivity index (χ2n) is 10.6. The van der Waals surface area contributed by atoms with Gasteiger partial charge >= 0.3 is 0 Å². The van der Waals surface area contributed by atoms with Crippen LogP contribution in [0.3, 0.4) is 0 Å². The van der Waals surface area contributed by atoms with Crippen molar-refractivity contribution in [2.45, 2.75) is 65.0 Å². The fraction of sp³-hybridized carbons (Fsp3) is 0.462. The van der Waals surface area contributed by atoms with Crippen LogP contribution in [0.5, 0.6) is 0 Å². The Morgan fingerprint density at radius 1 is 1.09 bits per heavy atom. The Labute approximate surface area is 189 Å². The standard InChI is InChI=1S/C26H33FN4O/c1-15-8-10-18-17(12-15)21(14-24(18,2)3)29-16-9-11-20(27)19(13-16)26(6)25(4,5)22(32)31(7)23(28)30-26/h8-13,21,29H,14H2,1-7H3,(H2,28,30). The summed E-state index contributed by atoms with van der Waals surface area (Å²) in [5, 5.41) is 3.62. The molecule has 2 aromatic carbocycles. The predicted molar refractivity (Wildman–Crippen MR) is 127 cm³/mol. The van der Waals surface area contributed by atoms with Gasteiger partial charge < -0.3 is 11.1 Å². The maximum absolute atomic E-state index is 15.2. The summed E-state index contributed by atoms with van der Waals surface area (Å²) in [5.41, 5.74) is 8.99. The first kappa shape index (κ1) is 22.3. The van der Waals surface area contributed by atoms with Crippen LogP contribution in [0.25, 0.3) is 0 Å². The summed E-state index contributed by atoms with van der Waals surface area (Å²) in [6.07, 6.45) is 0.940. The van der Waals surface area contributed by atoms with Crippen molar-refractivity contribution in [3.8, 4) is 0 Å². The monoisotopic (exact) mass is 436 g/mol. The van der Waals surface area contributed by atoms with Crippen molar-refractivity contribution < 1.29 is 9.18 Å². The highest BCUT2D eigenvalue weighted by Crippen LogP contribution is 2.49. The molecule has 1 amide bonds. The number of benzene rings is 2. The molecule has 3 N–H and O–H groups in total. The second-order valence-corrected chi connectivity index (χ2v) is 10.6. The van der Waals surface area contributed by atoms with E-state index in [-0.39, 0.29) is 23.3 Å². The van der Waals surface area contributed by atoms with Crippen LogP contribution in [0.1, 0.15) is 69.3 Å². The third-order valence-corrected chi connectivity index (χ3v) is 7.60. The zero-order chi connectivity index (χ0) is 23.6. The van der Waals surface area contributed by atoms with E-state index >= 15 is 4.39 Å². The molecule has 32 heavy (non-hydrogen) atoms. The van der Waals surface area contributed by atoms with Gasteiger partial charge in [-0.3, -0.25) is 9.69 Å². The Kier molecular flexibility index (Phi) is 4.92. The Morgan fingerprint density at radius 3 is 2.47 bits per heavy atom. The van der Waals surface area contributed by atoms with Crippen LogP contribution in [0.15, 0.2) is 41.4 Å². The number of hydrogen-bond acceptors (Lipinski definition) is 4. The molecule has 0 bridgehead atoms. The van der Waals surface area contributed by atoms with Gasteiger partial charge in [0.1, 0.15) is 11.4 Å². The molecule has 1 heterocycles. The molecule has 2 aromatic rings. The first-order chi connectivity index (χ1) is 14.8. The quantitative estimate of drug-likeness (QED) is 0.712. The minimum Gasteiger partial charge on any atom is -0.378 e. The van der Waals surface area contributed by atoms with Crippen LogP contribution in [-0.2, 0) is 15.7 Å². The number of nitrogens with one attached hydrogen (secondary N) is 1. The molecular formula is C26H33FN4O. The van der Waals surface area contributed by atoms with Gasteiger partial charge in [0.05, 0.1) is 11.5 Å². The van der Waals surface area contributed by atoms with E-state index in [0.29, 0.717) is 5.56 Å². The number of nitrogens with zero attached hydrogens (tertiary/aromatic N) is 2. The minimum absolute atomic E-state index is 0.0522. The van der Waals surface area contributed by atoms with E-state index in [1.54, 1.807) is 40.0 Å². The molecule has 6 heteroatoms. The lowest BCUT2D eigenvalue weighted by Crippen LogP contribution is -2.58. The van der Waals surface area contributed by atoms with Gasteiger partial charge in [-0.1, -0.05) is 37.6 Å². The van der Waals surface area contributed by atoms with Gasteiger partial charge in [0.2, 0.25) is 5.91 Å². The molecule has 2 unspecified atom stereocenters. The molecule has 0 spiro atoms. The Balaban J connectivity index is 1.76. The topological polar surface area (TPSA) is 70.7 Å². The summed E-state index contributed by atoms with van der Waals surface area (Å²) in [5.74, 6) is -0.494. The van der Waals surface area contributed by atoms with Crippen LogP contribution >= 0.6 is 0 Å². The zero-order valence-corrected chi connectivity index (χ0v) is 20.0. The Bertz CT molecular complexity index is 1140. The molecule has 2 atom stereocenters. The summed E-state index contributed by atoms with van der Waals surface area (Å²) in [6, 6.07) is 11.7. The molecule has 0 saturated carbocycles. The number of guanidine groups is 1. The number of halogens is 1. The number of rotatable bonds is 3. The SMILES string of the molecule is Cc1ccc2c(c1)C(Nc1ccc(F)c(C3(C)N=C(N)N(C)C(=O)C3(C)C)c1)CC2(C)C. The number of aliphatic imine (C=N–C) groups is 1. The van der Waals surface area contributed by atoms with E-state index in [0.717, 1.165) is 12.1 Å². The third-order valence-electron chi connectivity index (χ3n) is 7.60. The lowest BCUT2D eigenvalue weighted by molar-refractivity contribution is -0.140. The summed E-state index contributed by atoms with van der Waals surface area (Å²) in [4.78, 5) is 18.9. The molecule has 0 radical (unpaired) electrons. The highest BCUT2D eigenvalue weighted by Gasteiger charge is 2.54. The molecule has 5 nitrogen and oxygen atoms in total. The van der Waals surface area contributed by atoms with E-state index in [4.69, 9.17) is 5.73 Å². The normalized spacial score (nSPS) is 26.0. The molecule has 1 aliphatic heterocycles. The summed E-state index contributed by atoms with van der Waals surface area (Å²) >= 11 is 0. The lowest BCUT2D eigenvalue weighted by Gasteiger charge is -2.46. The number of nitrogens with two attached hydrogens (primary N) is 1. The molecule has 0 saturated heterocycles. The van der Waals surface area contributed by atoms with E-state index in [9.17, 15) is 4.79 Å². The Morgan fingerprint density at radius 2 is 1.78 bits per heavy atom. The maximum atomic E-state index is 15.2. The van der Waals surface area contributed by atoms with Gasteiger partial charge in [-0.2, -0.15) is 0 Å². The van der Waals surface area contributed by atoms with Crippen LogP contribution in [0.2, 0.25) is 0 Å². The van der Waals surface area contributed by atoms with Crippen molar-refractivity contribution in [3.05, 3.63) is 64.5 Å². The maximum Gasteiger partial charge on any atom is 0.237 e. The Hall–Kier alpha value is -2.89. The number of carbonyl (C=O) groups excluding carboxylic acids is 1. The third kappa shape index (κ3) is 3.19. The zero-order valence-electron chi connectivity index (χ0n) is 20.0. The van der Waals surface area contributed by atoms with Gasteiger partial charge in [-0.05, 0) is 68.9 Å². The van der Waals surface area contributed by atoms with Crippen molar-refractivity contribution in [2.75, 3.05) is 12.4 Å². The average Bonchev–Trinajstić information content (AvgIpc) is 2.96. The summed E-state index contributed by atoms with van der Waals surface area (Å²) < 4.78 is 15.2. The van der Waals surface area contributed by atoms with E-state index in [1.807, 2.05) is 0 Å². The molecule has 0 aromatic heterocycles. The van der Waals surface area contributed by atoms with Gasteiger partial charge in [-0.25, -0.2) is 9.38 Å². The van der Waals surface area contributed by atoms with Gasteiger partial charge in [0, 0.05) is 18.3 Å². The predicted octanol–water partition coefficient (Wildman–Crippen LogP) is 5.00. The molecule has 1 aliphatic carbocycles. The first-order valence-corrected chi connectivity index (χ1v) is 11.1. The first-order valence-electron chi connectivity index (χ1n) is 11.1. The summed E-state index contributed by atoms with van der Waals surface area (Å²) in [7, 11) is 1.60. The van der Waals surface area contributed by atoms with E-state index in [1.165, 1.54) is 27.7 Å². The number of aryl methyl sites for hydroxylation is 1. The lowest BCUT2D eigenvalue weighted by atomic mass is 9.67. The van der Waals surface area contributed by atoms with Crippen molar-refractivity contribution >= 4 is 17.6 Å². The summed E-state index contributed by atoms with van der Waals surface area (Å²) in [6.45, 7) is 12.0. The highest BCUT2D eigenvalue weighted by molar-refractivity contribution is 6.01. The number of carbonyl (C=O) groups is 1. The number of anilines is 1. The highest BCUT2D eigenvalue weighted by atomic mass is 19.1. The number of amides is 1. The van der Waals surface area contributed by atoms with Crippen molar-refractivity contribution in [1.29, 1.82) is 0 Å². The minimum atomic E-state index is -1.13. The number of fused-ring (bicyclic) bond motifs is 1. The van der Waals surface area contributed by atoms with Gasteiger partial charge in [-0.15, -0.1) is 0 Å². The van der Waals surface area contributed by atoms with E-state index < -0.39 is 16.8 Å². The molecule has 2 aliphatic rings. The van der Waals surface area contributed by atoms with Crippen LogP contribution < -0.4 is 11.1 Å². The van der Waals surface area contributed by atoms with Gasteiger partial charge in [0.15, 0.2) is 5.96 Å². The number of hydrogen-bond donors (Lipinski definition) is 2. The molecule has 170 valence electrons. The average molecular weight is 437 g/mol. The fourth-order valence-electron chi connectivity index (χ4n) is 5.21. The van der Waals surface area contributed by atoms with Crippen molar-refractivity contribution in [1.82, 2.24) is 4.90 Å². The van der Waals surface area contributed by atoms with Gasteiger partial charge in [0.25, 0.3) is 0 Å². The van der Waals surface area contributed by atoms with Crippen LogP contribution in [-0.4, -0.2) is 23.8 Å². The second kappa shape index (κ2) is 7.06. The van der Waals surface area contributed by atoms with Crippen LogP contribution in [0, 0.1) is 18.2 Å².